The summed E-state index contributed by atoms with van der Waals surface area (Å²) >= 11 is 0. The minimum Gasteiger partial charge on any atom is -0.507 e. The lowest BCUT2D eigenvalue weighted by Crippen LogP contribution is -2.38. The van der Waals surface area contributed by atoms with Crippen LogP contribution in [0, 0.1) is 0 Å². The second kappa shape index (κ2) is 7.81. The Kier molecular flexibility index (Phi) is 5.78. The minimum absolute atomic E-state index is 0.0447. The third kappa shape index (κ3) is 4.24. The van der Waals surface area contributed by atoms with Crippen LogP contribution in [0.15, 0.2) is 12.1 Å². The maximum atomic E-state index is 12.2. The Hall–Kier alpha value is -2.57. The fourth-order valence-electron chi connectivity index (χ4n) is 2.59. The summed E-state index contributed by atoms with van der Waals surface area (Å²) in [4.78, 5) is 35.0. The van der Waals surface area contributed by atoms with Gasteiger partial charge in [0.05, 0.1) is 7.11 Å². The first kappa shape index (κ1) is 17.8. The number of phenolic OH excluding ortho intramolecular Hbond substituents is 1. The lowest BCUT2D eigenvalue weighted by molar-refractivity contribution is -0.142. The number of nitrogens with one attached hydrogen (secondary N) is 1. The van der Waals surface area contributed by atoms with E-state index in [1.54, 1.807) is 12.1 Å². The zero-order chi connectivity index (χ0) is 17.7. The summed E-state index contributed by atoms with van der Waals surface area (Å²) in [7, 11) is 1.21. The molecule has 130 valence electrons. The molecule has 0 fully saturated rings. The van der Waals surface area contributed by atoms with Crippen LogP contribution < -0.4 is 5.32 Å². The number of hydrogen-bond donors (Lipinski definition) is 2. The van der Waals surface area contributed by atoms with Crippen molar-refractivity contribution in [3.05, 3.63) is 28.8 Å². The second-order valence-electron chi connectivity index (χ2n) is 5.69. The van der Waals surface area contributed by atoms with Crippen LogP contribution in [0.4, 0.5) is 0 Å². The van der Waals surface area contributed by atoms with Crippen LogP contribution in [0.1, 0.15) is 41.3 Å². The van der Waals surface area contributed by atoms with E-state index in [0.29, 0.717) is 0 Å². The number of carbonyl (C=O) groups is 3. The molecular formula is C17H21NO6. The highest BCUT2D eigenvalue weighted by molar-refractivity contribution is 5.95. The topological polar surface area (TPSA) is 102 Å². The van der Waals surface area contributed by atoms with E-state index in [4.69, 9.17) is 4.74 Å². The van der Waals surface area contributed by atoms with E-state index >= 15 is 0 Å². The number of aromatic hydroxyl groups is 1. The molecule has 0 saturated carbocycles. The van der Waals surface area contributed by atoms with E-state index in [1.807, 2.05) is 0 Å². The van der Waals surface area contributed by atoms with Gasteiger partial charge in [0, 0.05) is 0 Å². The highest BCUT2D eigenvalue weighted by Gasteiger charge is 2.23. The molecule has 0 radical (unpaired) electrons. The molecule has 0 saturated heterocycles. The molecule has 0 unspecified atom stereocenters. The predicted molar refractivity (Wildman–Crippen MR) is 84.7 cm³/mol. The van der Waals surface area contributed by atoms with Gasteiger partial charge in [-0.2, -0.15) is 0 Å². The first-order valence-electron chi connectivity index (χ1n) is 7.82. The number of hydrogen-bond acceptors (Lipinski definition) is 6. The van der Waals surface area contributed by atoms with E-state index in [1.165, 1.54) is 14.0 Å². The number of rotatable bonds is 5. The van der Waals surface area contributed by atoms with E-state index in [2.05, 4.69) is 10.1 Å². The average molecular weight is 335 g/mol. The summed E-state index contributed by atoms with van der Waals surface area (Å²) in [6.45, 7) is 1.08. The van der Waals surface area contributed by atoms with E-state index in [9.17, 15) is 19.5 Å². The molecule has 7 heteroatoms. The van der Waals surface area contributed by atoms with Gasteiger partial charge in [-0.05, 0) is 55.9 Å². The van der Waals surface area contributed by atoms with E-state index in [-0.39, 0.29) is 17.9 Å². The van der Waals surface area contributed by atoms with Gasteiger partial charge in [-0.25, -0.2) is 4.79 Å². The van der Waals surface area contributed by atoms with Crippen LogP contribution >= 0.6 is 0 Å². The number of ether oxygens (including phenoxy) is 2. The standard InChI is InChI=1S/C17H21NO6/c1-10(16(21)18-9-15(20)23-2)24-17(22)13-7-11-5-3-4-6-12(11)8-14(13)19/h7-8,10,19H,3-6,9H2,1-2H3,(H,18,21)/t10-/m0/s1. The fourth-order valence-corrected chi connectivity index (χ4v) is 2.59. The largest absolute Gasteiger partial charge is 0.507 e. The molecule has 2 rings (SSSR count). The monoisotopic (exact) mass is 335 g/mol. The van der Waals surface area contributed by atoms with Crippen LogP contribution in [-0.2, 0) is 31.9 Å². The Bertz CT molecular complexity index is 655. The number of methoxy groups -OCH3 is 1. The third-order valence-electron chi connectivity index (χ3n) is 3.97. The molecule has 1 aromatic carbocycles. The molecule has 1 aromatic rings. The summed E-state index contributed by atoms with van der Waals surface area (Å²) in [6, 6.07) is 3.22. The van der Waals surface area contributed by atoms with Gasteiger partial charge in [-0.1, -0.05) is 0 Å². The number of carbonyl (C=O) groups excluding carboxylic acids is 3. The highest BCUT2D eigenvalue weighted by atomic mass is 16.5. The van der Waals surface area contributed by atoms with E-state index < -0.39 is 23.9 Å². The zero-order valence-corrected chi connectivity index (χ0v) is 13.8. The maximum absolute atomic E-state index is 12.2. The summed E-state index contributed by atoms with van der Waals surface area (Å²) in [5.41, 5.74) is 2.11. The predicted octanol–water partition coefficient (Wildman–Crippen LogP) is 1.11. The van der Waals surface area contributed by atoms with Gasteiger partial charge in [0.2, 0.25) is 0 Å². The molecule has 1 atom stereocenters. The van der Waals surface area contributed by atoms with Crippen molar-refractivity contribution < 1.29 is 29.0 Å². The highest BCUT2D eigenvalue weighted by Crippen LogP contribution is 2.29. The third-order valence-corrected chi connectivity index (χ3v) is 3.97. The van der Waals surface area contributed by atoms with Crippen LogP contribution in [0.2, 0.25) is 0 Å². The SMILES string of the molecule is COC(=O)CNC(=O)[C@H](C)OC(=O)c1cc2c(cc1O)CCCC2. The molecule has 0 spiro atoms. The summed E-state index contributed by atoms with van der Waals surface area (Å²) < 4.78 is 9.48. The Morgan fingerprint density at radius 2 is 1.83 bits per heavy atom. The summed E-state index contributed by atoms with van der Waals surface area (Å²) in [6.07, 6.45) is 2.74. The Balaban J connectivity index is 2.01. The van der Waals surface area contributed by atoms with Crippen molar-refractivity contribution >= 4 is 17.8 Å². The number of fused-ring (bicyclic) bond motifs is 1. The van der Waals surface area contributed by atoms with E-state index in [0.717, 1.165) is 36.8 Å². The van der Waals surface area contributed by atoms with Crippen molar-refractivity contribution in [3.8, 4) is 5.75 Å². The molecule has 0 aromatic heterocycles. The molecule has 7 nitrogen and oxygen atoms in total. The molecule has 2 N–H and O–H groups in total. The van der Waals surface area contributed by atoms with Gasteiger partial charge < -0.3 is 19.9 Å². The molecule has 0 aliphatic heterocycles. The molecule has 1 aliphatic rings. The van der Waals surface area contributed by atoms with Gasteiger partial charge in [0.25, 0.3) is 5.91 Å². The van der Waals surface area contributed by atoms with Crippen LogP contribution in [0.5, 0.6) is 5.75 Å². The Labute approximate surface area is 139 Å². The van der Waals surface area contributed by atoms with Crippen molar-refractivity contribution in [2.24, 2.45) is 0 Å². The average Bonchev–Trinajstić information content (AvgIpc) is 2.58. The number of aryl methyl sites for hydroxylation is 2. The molecule has 0 heterocycles. The first-order chi connectivity index (χ1) is 11.4. The van der Waals surface area contributed by atoms with Gasteiger partial charge in [0.15, 0.2) is 6.10 Å². The smallest absolute Gasteiger partial charge is 0.342 e. The quantitative estimate of drug-likeness (QED) is 0.782. The summed E-state index contributed by atoms with van der Waals surface area (Å²) in [5.74, 6) is -2.15. The first-order valence-corrected chi connectivity index (χ1v) is 7.82. The number of benzene rings is 1. The lowest BCUT2D eigenvalue weighted by atomic mass is 9.90. The summed E-state index contributed by atoms with van der Waals surface area (Å²) in [5, 5.41) is 12.3. The van der Waals surface area contributed by atoms with Crippen molar-refractivity contribution in [2.45, 2.75) is 38.7 Å². The molecule has 0 bridgehead atoms. The van der Waals surface area contributed by atoms with Crippen LogP contribution in [0.25, 0.3) is 0 Å². The second-order valence-corrected chi connectivity index (χ2v) is 5.69. The molecular weight excluding hydrogens is 314 g/mol. The lowest BCUT2D eigenvalue weighted by Gasteiger charge is -2.18. The molecule has 24 heavy (non-hydrogen) atoms. The van der Waals surface area contributed by atoms with Crippen LogP contribution in [-0.4, -0.2) is 42.7 Å². The van der Waals surface area contributed by atoms with Crippen molar-refractivity contribution in [2.75, 3.05) is 13.7 Å². The minimum atomic E-state index is -1.10. The van der Waals surface area contributed by atoms with Gasteiger partial charge in [-0.15, -0.1) is 0 Å². The van der Waals surface area contributed by atoms with Crippen molar-refractivity contribution in [1.29, 1.82) is 0 Å². The van der Waals surface area contributed by atoms with Crippen molar-refractivity contribution in [1.82, 2.24) is 5.32 Å². The molecule has 1 aliphatic carbocycles. The normalized spacial score (nSPS) is 14.2. The molecule has 1 amide bonds. The van der Waals surface area contributed by atoms with Gasteiger partial charge >= 0.3 is 11.9 Å². The number of amides is 1. The Morgan fingerprint density at radius 1 is 1.21 bits per heavy atom. The van der Waals surface area contributed by atoms with Crippen LogP contribution in [0.3, 0.4) is 0 Å². The fraction of sp³-hybridized carbons (Fsp3) is 0.471. The number of phenols is 1. The Morgan fingerprint density at radius 3 is 2.46 bits per heavy atom. The van der Waals surface area contributed by atoms with Gasteiger partial charge in [-0.3, -0.25) is 9.59 Å². The van der Waals surface area contributed by atoms with Crippen molar-refractivity contribution in [3.63, 3.8) is 0 Å². The maximum Gasteiger partial charge on any atom is 0.342 e. The number of esters is 2. The van der Waals surface area contributed by atoms with Gasteiger partial charge in [0.1, 0.15) is 17.9 Å². The zero-order valence-electron chi connectivity index (χ0n) is 13.8.